The third-order valence-corrected chi connectivity index (χ3v) is 4.92. The second-order valence-electron chi connectivity index (χ2n) is 5.44. The average molecular weight is 270 g/mol. The largest absolute Gasteiger partial charge is 0.362 e. The molecule has 0 aromatic heterocycles. The van der Waals surface area contributed by atoms with Crippen molar-refractivity contribution in [3.05, 3.63) is 0 Å². The third-order valence-electron chi connectivity index (χ3n) is 3.13. The Labute approximate surface area is 103 Å². The van der Waals surface area contributed by atoms with Gasteiger partial charge in [0.25, 0.3) is 0 Å². The molecule has 2 heterocycles. The van der Waals surface area contributed by atoms with Gasteiger partial charge in [-0.3, -0.25) is 5.32 Å². The Morgan fingerprint density at radius 3 is 2.50 bits per heavy atom. The molecular formula is C10H20ClNO3S. The van der Waals surface area contributed by atoms with Crippen molar-refractivity contribution in [3.8, 4) is 0 Å². The molecule has 1 N–H and O–H groups in total. The maximum atomic E-state index is 11.3. The summed E-state index contributed by atoms with van der Waals surface area (Å²) in [6.07, 6.45) is 0.677. The molecular weight excluding hydrogens is 250 g/mol. The van der Waals surface area contributed by atoms with Crippen molar-refractivity contribution >= 4 is 22.2 Å². The van der Waals surface area contributed by atoms with Crippen molar-refractivity contribution in [1.29, 1.82) is 0 Å². The summed E-state index contributed by atoms with van der Waals surface area (Å²) < 4.78 is 28.4. The Hall–Kier alpha value is 0.160. The van der Waals surface area contributed by atoms with Crippen LogP contribution in [0.2, 0.25) is 0 Å². The predicted octanol–water partition coefficient (Wildman–Crippen LogP) is 0.815. The van der Waals surface area contributed by atoms with Crippen LogP contribution in [0, 0.1) is 11.3 Å². The zero-order chi connectivity index (χ0) is 11.1. The molecule has 0 saturated carbocycles. The normalized spacial score (nSPS) is 36.6. The lowest BCUT2D eigenvalue weighted by Crippen LogP contribution is -2.51. The molecule has 4 nitrogen and oxygen atoms in total. The molecule has 2 aliphatic rings. The van der Waals surface area contributed by atoms with Crippen LogP contribution in [0.4, 0.5) is 0 Å². The molecule has 0 aromatic carbocycles. The zero-order valence-corrected chi connectivity index (χ0v) is 11.4. The number of ether oxygens (including phenoxy) is 1. The molecule has 2 atom stereocenters. The van der Waals surface area contributed by atoms with E-state index in [-0.39, 0.29) is 35.7 Å². The SMILES string of the molecule is CC1(C)CNC(C2CCS(=O)(=O)C2)OC1.Cl. The van der Waals surface area contributed by atoms with Gasteiger partial charge in [0.05, 0.1) is 18.1 Å². The number of halogens is 1. The molecule has 0 bridgehead atoms. The quantitative estimate of drug-likeness (QED) is 0.766. The summed E-state index contributed by atoms with van der Waals surface area (Å²) in [6.45, 7) is 5.89. The number of hydrogen-bond acceptors (Lipinski definition) is 4. The van der Waals surface area contributed by atoms with Gasteiger partial charge in [-0.2, -0.15) is 0 Å². The molecule has 2 aliphatic heterocycles. The van der Waals surface area contributed by atoms with Crippen molar-refractivity contribution in [3.63, 3.8) is 0 Å². The van der Waals surface area contributed by atoms with E-state index in [9.17, 15) is 8.42 Å². The standard InChI is InChI=1S/C10H19NO3S.ClH/c1-10(2)6-11-9(14-7-10)8-3-4-15(12,13)5-8;/h8-9,11H,3-7H2,1-2H3;1H. The first-order valence-electron chi connectivity index (χ1n) is 5.43. The van der Waals surface area contributed by atoms with Crippen molar-refractivity contribution in [1.82, 2.24) is 5.32 Å². The highest BCUT2D eigenvalue weighted by Gasteiger charge is 2.37. The Balaban J connectivity index is 0.00000128. The average Bonchev–Trinajstić information content (AvgIpc) is 2.46. The van der Waals surface area contributed by atoms with Crippen molar-refractivity contribution < 1.29 is 13.2 Å². The number of nitrogens with one attached hydrogen (secondary N) is 1. The minimum atomic E-state index is -2.79. The van der Waals surface area contributed by atoms with E-state index >= 15 is 0 Å². The molecule has 2 fully saturated rings. The van der Waals surface area contributed by atoms with E-state index in [1.165, 1.54) is 0 Å². The van der Waals surface area contributed by atoms with E-state index < -0.39 is 9.84 Å². The molecule has 0 aromatic rings. The highest BCUT2D eigenvalue weighted by Crippen LogP contribution is 2.27. The van der Waals surface area contributed by atoms with Gasteiger partial charge >= 0.3 is 0 Å². The molecule has 2 rings (SSSR count). The monoisotopic (exact) mass is 269 g/mol. The van der Waals surface area contributed by atoms with E-state index in [4.69, 9.17) is 4.74 Å². The lowest BCUT2D eigenvalue weighted by molar-refractivity contribution is -0.0800. The van der Waals surface area contributed by atoms with E-state index in [1.54, 1.807) is 0 Å². The van der Waals surface area contributed by atoms with Gasteiger partial charge < -0.3 is 4.74 Å². The lowest BCUT2D eigenvalue weighted by atomic mass is 9.92. The summed E-state index contributed by atoms with van der Waals surface area (Å²) in [7, 11) is -2.79. The Morgan fingerprint density at radius 2 is 2.06 bits per heavy atom. The molecule has 0 radical (unpaired) electrons. The summed E-state index contributed by atoms with van der Waals surface area (Å²) >= 11 is 0. The molecule has 16 heavy (non-hydrogen) atoms. The lowest BCUT2D eigenvalue weighted by Gasteiger charge is -2.37. The number of hydrogen-bond donors (Lipinski definition) is 1. The van der Waals surface area contributed by atoms with Gasteiger partial charge in [0.15, 0.2) is 9.84 Å². The third kappa shape index (κ3) is 3.32. The van der Waals surface area contributed by atoms with Crippen LogP contribution >= 0.6 is 12.4 Å². The maximum Gasteiger partial charge on any atom is 0.150 e. The molecule has 2 unspecified atom stereocenters. The second-order valence-corrected chi connectivity index (χ2v) is 7.67. The fourth-order valence-electron chi connectivity index (χ4n) is 2.17. The summed E-state index contributed by atoms with van der Waals surface area (Å²) in [5.74, 6) is 0.749. The van der Waals surface area contributed by atoms with Crippen LogP contribution in [-0.4, -0.2) is 39.3 Å². The summed E-state index contributed by atoms with van der Waals surface area (Å²) in [5, 5.41) is 3.30. The van der Waals surface area contributed by atoms with Crippen molar-refractivity contribution in [2.24, 2.45) is 11.3 Å². The summed E-state index contributed by atoms with van der Waals surface area (Å²) in [4.78, 5) is 0. The maximum absolute atomic E-state index is 11.3. The van der Waals surface area contributed by atoms with Gasteiger partial charge in [0, 0.05) is 17.9 Å². The van der Waals surface area contributed by atoms with Crippen LogP contribution in [0.3, 0.4) is 0 Å². The fraction of sp³-hybridized carbons (Fsp3) is 1.00. The van der Waals surface area contributed by atoms with Crippen LogP contribution in [0.1, 0.15) is 20.3 Å². The second kappa shape index (κ2) is 4.80. The first-order valence-corrected chi connectivity index (χ1v) is 7.26. The van der Waals surface area contributed by atoms with Crippen LogP contribution < -0.4 is 5.32 Å². The molecule has 0 amide bonds. The van der Waals surface area contributed by atoms with Crippen molar-refractivity contribution in [2.45, 2.75) is 26.5 Å². The van der Waals surface area contributed by atoms with Gasteiger partial charge in [-0.25, -0.2) is 8.42 Å². The highest BCUT2D eigenvalue weighted by molar-refractivity contribution is 7.91. The number of rotatable bonds is 1. The predicted molar refractivity (Wildman–Crippen MR) is 65.5 cm³/mol. The van der Waals surface area contributed by atoms with E-state index in [2.05, 4.69) is 19.2 Å². The summed E-state index contributed by atoms with van der Waals surface area (Å²) in [6, 6.07) is 0. The van der Waals surface area contributed by atoms with Crippen LogP contribution in [0.25, 0.3) is 0 Å². The first kappa shape index (κ1) is 14.2. The van der Waals surface area contributed by atoms with Gasteiger partial charge in [-0.05, 0) is 6.42 Å². The van der Waals surface area contributed by atoms with Crippen LogP contribution in [0.15, 0.2) is 0 Å². The zero-order valence-electron chi connectivity index (χ0n) is 9.73. The molecule has 0 spiro atoms. The Morgan fingerprint density at radius 1 is 1.38 bits per heavy atom. The van der Waals surface area contributed by atoms with Crippen LogP contribution in [0.5, 0.6) is 0 Å². The van der Waals surface area contributed by atoms with Crippen molar-refractivity contribution in [2.75, 3.05) is 24.7 Å². The highest BCUT2D eigenvalue weighted by atomic mass is 35.5. The van der Waals surface area contributed by atoms with Gasteiger partial charge in [0.1, 0.15) is 6.23 Å². The van der Waals surface area contributed by atoms with Crippen LogP contribution in [-0.2, 0) is 14.6 Å². The molecule has 0 aliphatic carbocycles. The van der Waals surface area contributed by atoms with E-state index in [1.807, 2.05) is 0 Å². The fourth-order valence-corrected chi connectivity index (χ4v) is 3.99. The number of sulfone groups is 1. The smallest absolute Gasteiger partial charge is 0.150 e. The minimum Gasteiger partial charge on any atom is -0.362 e. The molecule has 96 valence electrons. The van der Waals surface area contributed by atoms with Gasteiger partial charge in [0.2, 0.25) is 0 Å². The van der Waals surface area contributed by atoms with E-state index in [0.29, 0.717) is 12.4 Å². The Bertz CT molecular complexity index is 332. The van der Waals surface area contributed by atoms with E-state index in [0.717, 1.165) is 13.0 Å². The Kier molecular flexibility index (Phi) is 4.27. The first-order chi connectivity index (χ1) is 6.88. The summed E-state index contributed by atoms with van der Waals surface area (Å²) in [5.41, 5.74) is 0.161. The molecule has 2 saturated heterocycles. The van der Waals surface area contributed by atoms with Gasteiger partial charge in [-0.1, -0.05) is 13.8 Å². The van der Waals surface area contributed by atoms with Gasteiger partial charge in [-0.15, -0.1) is 12.4 Å². The minimum absolute atomic E-state index is 0. The molecule has 6 heteroatoms. The topological polar surface area (TPSA) is 55.4 Å².